The predicted octanol–water partition coefficient (Wildman–Crippen LogP) is 3.65. The first kappa shape index (κ1) is 12.0. The van der Waals surface area contributed by atoms with E-state index in [1.807, 2.05) is 30.3 Å². The Kier molecular flexibility index (Phi) is 3.93. The Hall–Kier alpha value is -0.470. The minimum Gasteiger partial charge on any atom is -0.312 e. The van der Waals surface area contributed by atoms with Crippen LogP contribution >= 0.6 is 8.60 Å². The molecule has 0 aromatic heterocycles. The minimum absolute atomic E-state index is 0.124. The summed E-state index contributed by atoms with van der Waals surface area (Å²) in [7, 11) is -1.18. The third-order valence-electron chi connectivity index (χ3n) is 2.40. The van der Waals surface area contributed by atoms with Crippen molar-refractivity contribution in [2.24, 2.45) is 0 Å². The van der Waals surface area contributed by atoms with Crippen LogP contribution < -0.4 is 0 Å². The van der Waals surface area contributed by atoms with Crippen LogP contribution in [0, 0.1) is 0 Å². The highest BCUT2D eigenvalue weighted by atomic mass is 31.2. The van der Waals surface area contributed by atoms with E-state index < -0.39 is 8.60 Å². The quantitative estimate of drug-likeness (QED) is 0.755. The summed E-state index contributed by atoms with van der Waals surface area (Å²) < 4.78 is 16.8. The fourth-order valence-corrected chi connectivity index (χ4v) is 2.57. The maximum atomic E-state index is 5.72. The number of benzene rings is 1. The first-order chi connectivity index (χ1) is 7.66. The molecule has 1 atom stereocenters. The number of rotatable bonds is 3. The number of hydrogen-bond donors (Lipinski definition) is 0. The van der Waals surface area contributed by atoms with Gasteiger partial charge < -0.3 is 13.6 Å². The summed E-state index contributed by atoms with van der Waals surface area (Å²) in [6, 6.07) is 10.1. The van der Waals surface area contributed by atoms with Gasteiger partial charge in [0, 0.05) is 6.42 Å². The van der Waals surface area contributed by atoms with Gasteiger partial charge in [-0.2, -0.15) is 0 Å². The molecule has 0 aliphatic carbocycles. The van der Waals surface area contributed by atoms with Gasteiger partial charge in [0.25, 0.3) is 0 Å². The summed E-state index contributed by atoms with van der Waals surface area (Å²) in [6.45, 7) is 5.39. The van der Waals surface area contributed by atoms with Crippen LogP contribution in [0.15, 0.2) is 30.3 Å². The molecule has 0 N–H and O–H groups in total. The van der Waals surface area contributed by atoms with Gasteiger partial charge >= 0.3 is 8.60 Å². The summed E-state index contributed by atoms with van der Waals surface area (Å²) >= 11 is 0. The van der Waals surface area contributed by atoms with Gasteiger partial charge in [-0.05, 0) is 19.4 Å². The maximum absolute atomic E-state index is 5.72. The third-order valence-corrected chi connectivity index (χ3v) is 3.78. The van der Waals surface area contributed by atoms with Crippen molar-refractivity contribution >= 4 is 8.60 Å². The van der Waals surface area contributed by atoms with Gasteiger partial charge in [0.15, 0.2) is 0 Å². The lowest BCUT2D eigenvalue weighted by atomic mass is 10.1. The Morgan fingerprint density at radius 2 is 2.06 bits per heavy atom. The van der Waals surface area contributed by atoms with Gasteiger partial charge in [0.1, 0.15) is 0 Å². The highest BCUT2D eigenvalue weighted by Crippen LogP contribution is 2.49. The Balaban J connectivity index is 1.82. The lowest BCUT2D eigenvalue weighted by Gasteiger charge is -2.33. The average Bonchev–Trinajstić information content (AvgIpc) is 2.27. The molecule has 0 amide bonds. The predicted molar refractivity (Wildman–Crippen MR) is 63.9 cm³/mol. The second-order valence-electron chi connectivity index (χ2n) is 4.42. The molecule has 1 aliphatic rings. The van der Waals surface area contributed by atoms with Crippen molar-refractivity contribution in [1.82, 2.24) is 0 Å². The highest BCUT2D eigenvalue weighted by Gasteiger charge is 2.31. The van der Waals surface area contributed by atoms with Crippen molar-refractivity contribution in [3.05, 3.63) is 35.9 Å². The fourth-order valence-electron chi connectivity index (χ4n) is 1.40. The van der Waals surface area contributed by atoms with E-state index in [-0.39, 0.29) is 5.60 Å². The molecule has 0 saturated carbocycles. The second kappa shape index (κ2) is 5.24. The van der Waals surface area contributed by atoms with Crippen LogP contribution in [0.4, 0.5) is 0 Å². The van der Waals surface area contributed by atoms with Crippen molar-refractivity contribution < 1.29 is 13.6 Å². The van der Waals surface area contributed by atoms with Crippen LogP contribution in [-0.4, -0.2) is 12.2 Å². The Morgan fingerprint density at radius 3 is 2.75 bits per heavy atom. The minimum atomic E-state index is -1.18. The molecule has 1 saturated heterocycles. The standard InChI is InChI=1S/C12H17O3P/c1-12(2)8-9-13-16(15-12)14-10-11-6-4-3-5-7-11/h3-7H,8-10H2,1-2H3. The largest absolute Gasteiger partial charge is 0.333 e. The molecule has 1 aromatic carbocycles. The van der Waals surface area contributed by atoms with E-state index in [1.54, 1.807) is 0 Å². The van der Waals surface area contributed by atoms with E-state index in [1.165, 1.54) is 0 Å². The SMILES string of the molecule is CC1(C)CCOP(OCc2ccccc2)O1. The first-order valence-electron chi connectivity index (χ1n) is 5.45. The zero-order valence-corrected chi connectivity index (χ0v) is 10.6. The molecule has 1 aromatic rings. The molecule has 1 fully saturated rings. The van der Waals surface area contributed by atoms with Gasteiger partial charge in [-0.1, -0.05) is 30.3 Å². The molecule has 0 radical (unpaired) electrons. The van der Waals surface area contributed by atoms with E-state index in [2.05, 4.69) is 13.8 Å². The van der Waals surface area contributed by atoms with Crippen molar-refractivity contribution in [3.8, 4) is 0 Å². The molecular weight excluding hydrogens is 223 g/mol. The Morgan fingerprint density at radius 1 is 1.31 bits per heavy atom. The van der Waals surface area contributed by atoms with E-state index in [0.29, 0.717) is 13.2 Å². The first-order valence-corrected chi connectivity index (χ1v) is 6.54. The normalized spacial score (nSPS) is 24.2. The fraction of sp³-hybridized carbons (Fsp3) is 0.500. The molecule has 2 rings (SSSR count). The van der Waals surface area contributed by atoms with Crippen LogP contribution in [0.3, 0.4) is 0 Å². The van der Waals surface area contributed by atoms with Gasteiger partial charge in [0.2, 0.25) is 0 Å². The van der Waals surface area contributed by atoms with Gasteiger partial charge in [-0.25, -0.2) is 0 Å². The highest BCUT2D eigenvalue weighted by molar-refractivity contribution is 7.41. The third kappa shape index (κ3) is 3.53. The molecule has 1 heterocycles. The summed E-state index contributed by atoms with van der Waals surface area (Å²) in [4.78, 5) is 0. The van der Waals surface area contributed by atoms with E-state index in [4.69, 9.17) is 13.6 Å². The Bertz CT molecular complexity index is 326. The van der Waals surface area contributed by atoms with Crippen LogP contribution in [0.25, 0.3) is 0 Å². The van der Waals surface area contributed by atoms with Crippen LogP contribution in [0.2, 0.25) is 0 Å². The summed E-state index contributed by atoms with van der Waals surface area (Å²) in [6.07, 6.45) is 0.917. The van der Waals surface area contributed by atoms with Crippen LogP contribution in [-0.2, 0) is 20.2 Å². The van der Waals surface area contributed by atoms with Gasteiger partial charge in [-0.15, -0.1) is 0 Å². The summed E-state index contributed by atoms with van der Waals surface area (Å²) in [5, 5.41) is 0. The lowest BCUT2D eigenvalue weighted by molar-refractivity contribution is 0.00488. The molecular formula is C12H17O3P. The van der Waals surface area contributed by atoms with Gasteiger partial charge in [-0.3, -0.25) is 0 Å². The van der Waals surface area contributed by atoms with Crippen molar-refractivity contribution in [1.29, 1.82) is 0 Å². The summed E-state index contributed by atoms with van der Waals surface area (Å²) in [5.74, 6) is 0. The molecule has 4 heteroatoms. The molecule has 3 nitrogen and oxygen atoms in total. The average molecular weight is 240 g/mol. The zero-order valence-electron chi connectivity index (χ0n) is 9.68. The van der Waals surface area contributed by atoms with Crippen molar-refractivity contribution in [3.63, 3.8) is 0 Å². The molecule has 0 bridgehead atoms. The second-order valence-corrected chi connectivity index (χ2v) is 5.56. The van der Waals surface area contributed by atoms with E-state index >= 15 is 0 Å². The number of hydrogen-bond acceptors (Lipinski definition) is 3. The van der Waals surface area contributed by atoms with Crippen molar-refractivity contribution in [2.45, 2.75) is 32.5 Å². The van der Waals surface area contributed by atoms with Gasteiger partial charge in [0.05, 0.1) is 18.8 Å². The Labute approximate surface area is 97.7 Å². The maximum Gasteiger partial charge on any atom is 0.333 e. The molecule has 1 aliphatic heterocycles. The van der Waals surface area contributed by atoms with E-state index in [0.717, 1.165) is 12.0 Å². The topological polar surface area (TPSA) is 27.7 Å². The smallest absolute Gasteiger partial charge is 0.312 e. The zero-order chi connectivity index (χ0) is 11.4. The lowest BCUT2D eigenvalue weighted by Crippen LogP contribution is -2.28. The monoisotopic (exact) mass is 240 g/mol. The van der Waals surface area contributed by atoms with E-state index in [9.17, 15) is 0 Å². The molecule has 16 heavy (non-hydrogen) atoms. The molecule has 1 unspecified atom stereocenters. The molecule has 88 valence electrons. The van der Waals surface area contributed by atoms with Crippen LogP contribution in [0.5, 0.6) is 0 Å². The molecule has 0 spiro atoms. The van der Waals surface area contributed by atoms with Crippen LogP contribution in [0.1, 0.15) is 25.8 Å². The van der Waals surface area contributed by atoms with Crippen molar-refractivity contribution in [2.75, 3.05) is 6.61 Å². The summed E-state index contributed by atoms with van der Waals surface area (Å²) in [5.41, 5.74) is 1.02.